The lowest BCUT2D eigenvalue weighted by Crippen LogP contribution is -2.15. The van der Waals surface area contributed by atoms with Gasteiger partial charge in [-0.05, 0) is 67.7 Å². The molecule has 4 heteroatoms. The molecule has 0 amide bonds. The van der Waals surface area contributed by atoms with Gasteiger partial charge in [-0.25, -0.2) is 0 Å². The third kappa shape index (κ3) is 7.01. The number of carbonyl (C=O) groups is 1. The average Bonchev–Trinajstić information content (AvgIpc) is 2.74. The fraction of sp³-hybridized carbons (Fsp3) is 0.393. The molecule has 0 N–H and O–H groups in total. The molecule has 0 saturated carbocycles. The standard InChI is InChI=1S/C28H36O4/c1-8-18-30-26-17-15-24(28(5,6)7)27(31-19-9-2)23(26)14-16-25(29)21-10-12-22(13-11-21)32-20(3)4/h10-17H,3,8-9,18-19H2,1-2,4-7H3/b16-14+. The fourth-order valence-electron chi connectivity index (χ4n) is 3.17. The molecule has 0 aromatic heterocycles. The van der Waals surface area contributed by atoms with Gasteiger partial charge in [-0.1, -0.05) is 47.3 Å². The lowest BCUT2D eigenvalue weighted by Gasteiger charge is -2.25. The van der Waals surface area contributed by atoms with E-state index in [1.54, 1.807) is 37.3 Å². The Balaban J connectivity index is 2.44. The Morgan fingerprint density at radius 2 is 1.59 bits per heavy atom. The second-order valence-corrected chi connectivity index (χ2v) is 8.83. The van der Waals surface area contributed by atoms with Gasteiger partial charge < -0.3 is 14.2 Å². The summed E-state index contributed by atoms with van der Waals surface area (Å²) in [5.74, 6) is 2.65. The summed E-state index contributed by atoms with van der Waals surface area (Å²) in [5.41, 5.74) is 2.35. The highest BCUT2D eigenvalue weighted by atomic mass is 16.5. The van der Waals surface area contributed by atoms with Crippen LogP contribution in [-0.4, -0.2) is 19.0 Å². The van der Waals surface area contributed by atoms with Crippen molar-refractivity contribution in [2.24, 2.45) is 0 Å². The summed E-state index contributed by atoms with van der Waals surface area (Å²) in [6.45, 7) is 17.3. The summed E-state index contributed by atoms with van der Waals surface area (Å²) >= 11 is 0. The zero-order valence-electron chi connectivity index (χ0n) is 20.3. The zero-order valence-corrected chi connectivity index (χ0v) is 20.3. The molecule has 0 aliphatic rings. The predicted molar refractivity (Wildman–Crippen MR) is 132 cm³/mol. The van der Waals surface area contributed by atoms with Crippen LogP contribution in [0.25, 0.3) is 6.08 Å². The van der Waals surface area contributed by atoms with E-state index in [9.17, 15) is 4.79 Å². The molecule has 0 radical (unpaired) electrons. The zero-order chi connectivity index (χ0) is 23.7. The van der Waals surface area contributed by atoms with Crippen LogP contribution in [0.1, 0.15) is 75.9 Å². The highest BCUT2D eigenvalue weighted by Gasteiger charge is 2.23. The van der Waals surface area contributed by atoms with E-state index in [2.05, 4.69) is 47.3 Å². The van der Waals surface area contributed by atoms with E-state index < -0.39 is 0 Å². The van der Waals surface area contributed by atoms with Crippen molar-refractivity contribution in [3.05, 3.63) is 71.5 Å². The molecule has 0 saturated heterocycles. The van der Waals surface area contributed by atoms with Gasteiger partial charge in [0.1, 0.15) is 17.2 Å². The number of hydrogen-bond donors (Lipinski definition) is 0. The Morgan fingerprint density at radius 1 is 0.969 bits per heavy atom. The molecule has 0 aliphatic carbocycles. The lowest BCUT2D eigenvalue weighted by atomic mass is 9.84. The molecule has 0 spiro atoms. The van der Waals surface area contributed by atoms with Crippen LogP contribution in [0.5, 0.6) is 17.2 Å². The maximum atomic E-state index is 12.9. The van der Waals surface area contributed by atoms with Crippen LogP contribution < -0.4 is 14.2 Å². The molecule has 172 valence electrons. The number of allylic oxidation sites excluding steroid dienone is 2. The molecule has 0 fully saturated rings. The summed E-state index contributed by atoms with van der Waals surface area (Å²) in [5, 5.41) is 0. The van der Waals surface area contributed by atoms with Crippen molar-refractivity contribution in [1.82, 2.24) is 0 Å². The molecule has 0 unspecified atom stereocenters. The van der Waals surface area contributed by atoms with Gasteiger partial charge >= 0.3 is 0 Å². The van der Waals surface area contributed by atoms with Crippen molar-refractivity contribution in [1.29, 1.82) is 0 Å². The van der Waals surface area contributed by atoms with E-state index in [1.165, 1.54) is 0 Å². The first-order valence-corrected chi connectivity index (χ1v) is 11.3. The van der Waals surface area contributed by atoms with Crippen LogP contribution in [0.15, 0.2) is 54.8 Å². The van der Waals surface area contributed by atoms with E-state index in [0.717, 1.165) is 35.5 Å². The van der Waals surface area contributed by atoms with Crippen molar-refractivity contribution in [2.75, 3.05) is 13.2 Å². The van der Waals surface area contributed by atoms with Crippen molar-refractivity contribution < 1.29 is 19.0 Å². The van der Waals surface area contributed by atoms with Gasteiger partial charge in [-0.15, -0.1) is 0 Å². The smallest absolute Gasteiger partial charge is 0.185 e. The first kappa shape index (κ1) is 25.3. The molecule has 0 atom stereocenters. The molecule has 32 heavy (non-hydrogen) atoms. The minimum atomic E-state index is -0.113. The Morgan fingerprint density at radius 3 is 2.16 bits per heavy atom. The average molecular weight is 437 g/mol. The highest BCUT2D eigenvalue weighted by molar-refractivity contribution is 6.07. The largest absolute Gasteiger partial charge is 0.493 e. The Hall–Kier alpha value is -3.01. The predicted octanol–water partition coefficient (Wildman–Crippen LogP) is 7.37. The summed E-state index contributed by atoms with van der Waals surface area (Å²) in [6.07, 6.45) is 5.18. The Labute approximate surface area is 192 Å². The van der Waals surface area contributed by atoms with Gasteiger partial charge in [0.25, 0.3) is 0 Å². The van der Waals surface area contributed by atoms with Crippen molar-refractivity contribution >= 4 is 11.9 Å². The summed E-state index contributed by atoms with van der Waals surface area (Å²) in [4.78, 5) is 12.9. The molecule has 4 nitrogen and oxygen atoms in total. The summed E-state index contributed by atoms with van der Waals surface area (Å²) < 4.78 is 17.7. The SMILES string of the molecule is C=C(C)Oc1ccc(C(=O)/C=C/c2c(OCCC)ccc(C(C)(C)C)c2OCCC)cc1. The lowest BCUT2D eigenvalue weighted by molar-refractivity contribution is 0.104. The first-order chi connectivity index (χ1) is 15.2. The minimum absolute atomic E-state index is 0.101. The van der Waals surface area contributed by atoms with E-state index in [0.29, 0.717) is 30.3 Å². The van der Waals surface area contributed by atoms with Gasteiger partial charge in [0.2, 0.25) is 0 Å². The van der Waals surface area contributed by atoms with E-state index in [1.807, 2.05) is 12.1 Å². The Kier molecular flexibility index (Phi) is 9.13. The van der Waals surface area contributed by atoms with Crippen LogP contribution >= 0.6 is 0 Å². The quantitative estimate of drug-likeness (QED) is 0.209. The van der Waals surface area contributed by atoms with Crippen molar-refractivity contribution in [3.8, 4) is 17.2 Å². The maximum absolute atomic E-state index is 12.9. The normalized spacial score (nSPS) is 11.4. The number of ketones is 1. The highest BCUT2D eigenvalue weighted by Crippen LogP contribution is 2.40. The molecular formula is C28H36O4. The third-order valence-corrected chi connectivity index (χ3v) is 4.71. The minimum Gasteiger partial charge on any atom is -0.493 e. The number of rotatable bonds is 11. The van der Waals surface area contributed by atoms with Crippen LogP contribution in [0.4, 0.5) is 0 Å². The number of hydrogen-bond acceptors (Lipinski definition) is 4. The number of carbonyl (C=O) groups excluding carboxylic acids is 1. The van der Waals surface area contributed by atoms with E-state index >= 15 is 0 Å². The van der Waals surface area contributed by atoms with Crippen molar-refractivity contribution in [3.63, 3.8) is 0 Å². The van der Waals surface area contributed by atoms with Crippen LogP contribution in [0.2, 0.25) is 0 Å². The van der Waals surface area contributed by atoms with Crippen LogP contribution in [0.3, 0.4) is 0 Å². The Bertz CT molecular complexity index is 947. The molecule has 0 heterocycles. The molecule has 0 bridgehead atoms. The van der Waals surface area contributed by atoms with Gasteiger partial charge in [0, 0.05) is 11.1 Å². The van der Waals surface area contributed by atoms with Gasteiger partial charge in [-0.3, -0.25) is 4.79 Å². The maximum Gasteiger partial charge on any atom is 0.185 e. The van der Waals surface area contributed by atoms with Gasteiger partial charge in [0.05, 0.1) is 24.5 Å². The van der Waals surface area contributed by atoms with Crippen LogP contribution in [0, 0.1) is 0 Å². The monoisotopic (exact) mass is 436 g/mol. The topological polar surface area (TPSA) is 44.8 Å². The molecule has 0 aliphatic heterocycles. The number of ether oxygens (including phenoxy) is 3. The third-order valence-electron chi connectivity index (χ3n) is 4.71. The molecular weight excluding hydrogens is 400 g/mol. The van der Waals surface area contributed by atoms with Crippen molar-refractivity contribution in [2.45, 2.75) is 59.8 Å². The van der Waals surface area contributed by atoms with Gasteiger partial charge in [-0.2, -0.15) is 0 Å². The molecule has 2 aromatic rings. The molecule has 2 rings (SSSR count). The second kappa shape index (κ2) is 11.6. The summed E-state index contributed by atoms with van der Waals surface area (Å²) in [6, 6.07) is 11.1. The summed E-state index contributed by atoms with van der Waals surface area (Å²) in [7, 11) is 0. The fourth-order valence-corrected chi connectivity index (χ4v) is 3.17. The molecule has 2 aromatic carbocycles. The van der Waals surface area contributed by atoms with E-state index in [4.69, 9.17) is 14.2 Å². The number of benzene rings is 2. The first-order valence-electron chi connectivity index (χ1n) is 11.3. The van der Waals surface area contributed by atoms with E-state index in [-0.39, 0.29) is 11.2 Å². The van der Waals surface area contributed by atoms with Gasteiger partial charge in [0.15, 0.2) is 5.78 Å². The second-order valence-electron chi connectivity index (χ2n) is 8.83. The van der Waals surface area contributed by atoms with Crippen LogP contribution in [-0.2, 0) is 5.41 Å².